The number of nitrogens with zero attached hydrogens (tertiary/aromatic N) is 2. The van der Waals surface area contributed by atoms with Gasteiger partial charge in [-0.05, 0) is 25.8 Å². The number of nitrogens with one attached hydrogen (secondary N) is 2. The second-order valence-corrected chi connectivity index (χ2v) is 6.74. The minimum Gasteiger partial charge on any atom is -0.387 e. The van der Waals surface area contributed by atoms with E-state index in [0.29, 0.717) is 13.1 Å². The quantitative estimate of drug-likeness (QED) is 0.302. The van der Waals surface area contributed by atoms with Gasteiger partial charge in [-0.3, -0.25) is 9.89 Å². The van der Waals surface area contributed by atoms with Crippen molar-refractivity contribution in [2.45, 2.75) is 25.9 Å². The van der Waals surface area contributed by atoms with Gasteiger partial charge in [0.1, 0.15) is 0 Å². The minimum absolute atomic E-state index is 0. The lowest BCUT2D eigenvalue weighted by atomic mass is 10.1. The summed E-state index contributed by atoms with van der Waals surface area (Å²) in [4.78, 5) is 6.80. The highest BCUT2D eigenvalue weighted by atomic mass is 127. The van der Waals surface area contributed by atoms with Crippen LogP contribution in [0.15, 0.2) is 35.3 Å². The molecule has 1 aromatic rings. The van der Waals surface area contributed by atoms with Crippen LogP contribution in [-0.4, -0.2) is 74.0 Å². The Morgan fingerprint density at radius 3 is 2.58 bits per heavy atom. The first-order valence-electron chi connectivity index (χ1n) is 9.18. The molecule has 1 fully saturated rings. The third-order valence-electron chi connectivity index (χ3n) is 4.14. The summed E-state index contributed by atoms with van der Waals surface area (Å²) in [7, 11) is 0. The lowest BCUT2D eigenvalue weighted by Crippen LogP contribution is -2.48. The molecule has 1 atom stereocenters. The van der Waals surface area contributed by atoms with Crippen molar-refractivity contribution in [3.8, 4) is 0 Å². The molecule has 0 aliphatic carbocycles. The van der Waals surface area contributed by atoms with E-state index in [1.165, 1.54) is 5.56 Å². The summed E-state index contributed by atoms with van der Waals surface area (Å²) in [6, 6.07) is 10.4. The van der Waals surface area contributed by atoms with Crippen molar-refractivity contribution in [2.24, 2.45) is 4.99 Å². The maximum Gasteiger partial charge on any atom is 0.191 e. The van der Waals surface area contributed by atoms with Crippen molar-refractivity contribution < 1.29 is 9.84 Å². The van der Waals surface area contributed by atoms with E-state index >= 15 is 0 Å². The zero-order chi connectivity index (χ0) is 18.0. The molecule has 7 heteroatoms. The number of hydrogen-bond acceptors (Lipinski definition) is 4. The SMILES string of the molecule is CCNC(=NCC(C)(O)CN1CCOCC1)NCCc1ccccc1.I. The highest BCUT2D eigenvalue weighted by Gasteiger charge is 2.25. The zero-order valence-electron chi connectivity index (χ0n) is 15.9. The molecule has 148 valence electrons. The van der Waals surface area contributed by atoms with Crippen LogP contribution in [-0.2, 0) is 11.2 Å². The monoisotopic (exact) mass is 476 g/mol. The lowest BCUT2D eigenvalue weighted by molar-refractivity contribution is -0.0179. The van der Waals surface area contributed by atoms with Crippen LogP contribution in [0.5, 0.6) is 0 Å². The first kappa shape index (κ1) is 23.1. The molecular formula is C19H33IN4O2. The molecule has 1 aromatic carbocycles. The smallest absolute Gasteiger partial charge is 0.191 e. The summed E-state index contributed by atoms with van der Waals surface area (Å²) in [6.07, 6.45) is 0.940. The van der Waals surface area contributed by atoms with Crippen LogP contribution >= 0.6 is 24.0 Å². The molecule has 1 aliphatic heterocycles. The van der Waals surface area contributed by atoms with Crippen LogP contribution < -0.4 is 10.6 Å². The van der Waals surface area contributed by atoms with Gasteiger partial charge < -0.3 is 20.5 Å². The largest absolute Gasteiger partial charge is 0.387 e. The van der Waals surface area contributed by atoms with E-state index in [9.17, 15) is 5.11 Å². The highest BCUT2D eigenvalue weighted by Crippen LogP contribution is 2.09. The van der Waals surface area contributed by atoms with Gasteiger partial charge in [0.05, 0.1) is 25.4 Å². The molecule has 0 amide bonds. The first-order valence-corrected chi connectivity index (χ1v) is 9.18. The lowest BCUT2D eigenvalue weighted by Gasteiger charge is -2.33. The van der Waals surface area contributed by atoms with Crippen LogP contribution in [0.25, 0.3) is 0 Å². The van der Waals surface area contributed by atoms with Gasteiger partial charge in [-0.2, -0.15) is 0 Å². The Morgan fingerprint density at radius 2 is 1.92 bits per heavy atom. The molecule has 2 rings (SSSR count). The molecular weight excluding hydrogens is 443 g/mol. The first-order chi connectivity index (χ1) is 12.1. The standard InChI is InChI=1S/C19H32N4O2.HI/c1-3-20-18(21-10-9-17-7-5-4-6-8-17)22-15-19(2,24)16-23-11-13-25-14-12-23;/h4-8,24H,3,9-16H2,1-2H3,(H2,20,21,22);1H. The van der Waals surface area contributed by atoms with Crippen molar-refractivity contribution in [1.82, 2.24) is 15.5 Å². The number of benzene rings is 1. The summed E-state index contributed by atoms with van der Waals surface area (Å²) < 4.78 is 5.35. The van der Waals surface area contributed by atoms with E-state index < -0.39 is 5.60 Å². The molecule has 0 bridgehead atoms. The number of β-amino-alcohol motifs (C(OH)–C–C–N with tert-alkyl or cyclic N) is 1. The van der Waals surface area contributed by atoms with Crippen molar-refractivity contribution in [3.05, 3.63) is 35.9 Å². The minimum atomic E-state index is -0.848. The number of rotatable bonds is 8. The fourth-order valence-electron chi connectivity index (χ4n) is 2.85. The Bertz CT molecular complexity index is 520. The van der Waals surface area contributed by atoms with Crippen molar-refractivity contribution in [3.63, 3.8) is 0 Å². The molecule has 1 saturated heterocycles. The fourth-order valence-corrected chi connectivity index (χ4v) is 2.85. The molecule has 0 radical (unpaired) electrons. The number of aliphatic imine (C=N–C) groups is 1. The molecule has 1 aliphatic rings. The Labute approximate surface area is 174 Å². The van der Waals surface area contributed by atoms with Gasteiger partial charge in [0.15, 0.2) is 5.96 Å². The number of halogens is 1. The third-order valence-corrected chi connectivity index (χ3v) is 4.14. The van der Waals surface area contributed by atoms with E-state index in [-0.39, 0.29) is 24.0 Å². The molecule has 0 saturated carbocycles. The molecule has 6 nitrogen and oxygen atoms in total. The maximum atomic E-state index is 10.6. The van der Waals surface area contributed by atoms with E-state index in [1.807, 2.05) is 19.9 Å². The Kier molecular flexibility index (Phi) is 11.1. The summed E-state index contributed by atoms with van der Waals surface area (Å²) in [5, 5.41) is 17.2. The number of guanidine groups is 1. The van der Waals surface area contributed by atoms with Crippen LogP contribution in [0.1, 0.15) is 19.4 Å². The fraction of sp³-hybridized carbons (Fsp3) is 0.632. The van der Waals surface area contributed by atoms with Gasteiger partial charge in [0.2, 0.25) is 0 Å². The van der Waals surface area contributed by atoms with Gasteiger partial charge in [-0.15, -0.1) is 24.0 Å². The van der Waals surface area contributed by atoms with Crippen LogP contribution in [0.3, 0.4) is 0 Å². The second-order valence-electron chi connectivity index (χ2n) is 6.74. The van der Waals surface area contributed by atoms with Crippen LogP contribution in [0, 0.1) is 0 Å². The number of ether oxygens (including phenoxy) is 1. The van der Waals surface area contributed by atoms with Gasteiger partial charge in [0.25, 0.3) is 0 Å². The van der Waals surface area contributed by atoms with Crippen molar-refractivity contribution in [2.75, 3.05) is 52.5 Å². The normalized spacial score (nSPS) is 17.9. The van der Waals surface area contributed by atoms with E-state index in [4.69, 9.17) is 4.74 Å². The molecule has 0 spiro atoms. The van der Waals surface area contributed by atoms with Gasteiger partial charge in [-0.1, -0.05) is 30.3 Å². The Hall–Kier alpha value is -0.900. The second kappa shape index (κ2) is 12.5. The highest BCUT2D eigenvalue weighted by molar-refractivity contribution is 14.0. The molecule has 26 heavy (non-hydrogen) atoms. The van der Waals surface area contributed by atoms with Gasteiger partial charge in [0, 0.05) is 32.7 Å². The van der Waals surface area contributed by atoms with Crippen molar-refractivity contribution >= 4 is 29.9 Å². The Morgan fingerprint density at radius 1 is 1.23 bits per heavy atom. The number of morpholine rings is 1. The summed E-state index contributed by atoms with van der Waals surface area (Å²) in [5.41, 5.74) is 0.448. The predicted octanol–water partition coefficient (Wildman–Crippen LogP) is 1.49. The van der Waals surface area contributed by atoms with Crippen LogP contribution in [0.2, 0.25) is 0 Å². The third kappa shape index (κ3) is 9.16. The average Bonchev–Trinajstić information content (AvgIpc) is 2.61. The predicted molar refractivity (Wildman–Crippen MR) is 117 cm³/mol. The van der Waals surface area contributed by atoms with Crippen LogP contribution in [0.4, 0.5) is 0 Å². The Balaban J connectivity index is 0.00000338. The van der Waals surface area contributed by atoms with Crippen molar-refractivity contribution in [1.29, 1.82) is 0 Å². The van der Waals surface area contributed by atoms with E-state index in [1.54, 1.807) is 0 Å². The molecule has 1 heterocycles. The molecule has 3 N–H and O–H groups in total. The maximum absolute atomic E-state index is 10.6. The van der Waals surface area contributed by atoms with E-state index in [0.717, 1.165) is 51.8 Å². The van der Waals surface area contributed by atoms with Gasteiger partial charge >= 0.3 is 0 Å². The molecule has 1 unspecified atom stereocenters. The van der Waals surface area contributed by atoms with Gasteiger partial charge in [-0.25, -0.2) is 0 Å². The zero-order valence-corrected chi connectivity index (χ0v) is 18.2. The summed E-state index contributed by atoms with van der Waals surface area (Å²) in [5.74, 6) is 0.751. The number of hydrogen-bond donors (Lipinski definition) is 3. The summed E-state index contributed by atoms with van der Waals surface area (Å²) in [6.45, 7) is 9.69. The van der Waals surface area contributed by atoms with E-state index in [2.05, 4.69) is 44.8 Å². The summed E-state index contributed by atoms with van der Waals surface area (Å²) >= 11 is 0. The average molecular weight is 476 g/mol. The number of aliphatic hydroxyl groups is 1. The topological polar surface area (TPSA) is 69.1 Å². The molecule has 0 aromatic heterocycles.